The van der Waals surface area contributed by atoms with E-state index in [0.29, 0.717) is 5.56 Å². The van der Waals surface area contributed by atoms with Crippen LogP contribution in [0.25, 0.3) is 0 Å². The van der Waals surface area contributed by atoms with Crippen LogP contribution in [0.2, 0.25) is 0 Å². The Morgan fingerprint density at radius 1 is 0.919 bits per heavy atom. The van der Waals surface area contributed by atoms with Gasteiger partial charge in [-0.3, -0.25) is 4.79 Å². The van der Waals surface area contributed by atoms with Gasteiger partial charge in [0.05, 0.1) is 6.61 Å². The normalized spacial score (nSPS) is 26.3. The number of hydrogen-bond donors (Lipinski definition) is 10. The van der Waals surface area contributed by atoms with Crippen molar-refractivity contribution in [2.45, 2.75) is 61.9 Å². The molecule has 2 aromatic rings. The number of rotatable bonds is 10. The summed E-state index contributed by atoms with van der Waals surface area (Å²) in [6.45, 7) is -0.888. The third kappa shape index (κ3) is 6.47. The average Bonchev–Trinajstić information content (AvgIpc) is 2.86. The van der Waals surface area contributed by atoms with E-state index in [-0.39, 0.29) is 24.2 Å². The predicted molar refractivity (Wildman–Crippen MR) is 123 cm³/mol. The van der Waals surface area contributed by atoms with Crippen LogP contribution in [0, 0.1) is 0 Å². The van der Waals surface area contributed by atoms with Crippen LogP contribution < -0.4 is 4.74 Å². The lowest BCUT2D eigenvalue weighted by molar-refractivity contribution is -0.297. The first-order valence-corrected chi connectivity index (χ1v) is 11.3. The lowest BCUT2D eigenvalue weighted by atomic mass is 9.91. The molecule has 13 nitrogen and oxygen atoms in total. The molecule has 1 fully saturated rings. The molecule has 0 aromatic heterocycles. The Labute approximate surface area is 210 Å². The predicted octanol–water partition coefficient (Wildman–Crippen LogP) is -2.12. The molecule has 1 aliphatic heterocycles. The largest absolute Gasteiger partial charge is 0.508 e. The molecular weight excluding hydrogens is 496 g/mol. The molecule has 3 rings (SSSR count). The van der Waals surface area contributed by atoms with Gasteiger partial charge in [-0.05, 0) is 24.1 Å². The molecule has 0 saturated carbocycles. The molecule has 1 unspecified atom stereocenters. The minimum atomic E-state index is -1.95. The molecule has 1 heterocycles. The number of benzene rings is 2. The van der Waals surface area contributed by atoms with E-state index in [4.69, 9.17) is 14.6 Å². The van der Waals surface area contributed by atoms with E-state index < -0.39 is 78.7 Å². The van der Waals surface area contributed by atoms with Crippen LogP contribution in [-0.4, -0.2) is 112 Å². The highest BCUT2D eigenvalue weighted by atomic mass is 16.7. The lowest BCUT2D eigenvalue weighted by Crippen LogP contribution is -2.64. The summed E-state index contributed by atoms with van der Waals surface area (Å²) in [7, 11) is 0. The quantitative estimate of drug-likeness (QED) is 0.149. The molecule has 0 spiro atoms. The van der Waals surface area contributed by atoms with Gasteiger partial charge in [0.15, 0.2) is 5.78 Å². The molecule has 1 aliphatic rings. The second-order valence-electron chi connectivity index (χ2n) is 8.72. The number of aryl methyl sites for hydroxylation is 1. The Balaban J connectivity index is 1.63. The van der Waals surface area contributed by atoms with E-state index in [0.717, 1.165) is 12.1 Å². The molecule has 37 heavy (non-hydrogen) atoms. The van der Waals surface area contributed by atoms with Crippen molar-refractivity contribution in [2.75, 3.05) is 6.61 Å². The number of Topliss-reactive ketones (excluding diaryl/α,β-unsaturated/α-hetero) is 1. The van der Waals surface area contributed by atoms with Crippen molar-refractivity contribution in [1.29, 1.82) is 0 Å². The van der Waals surface area contributed by atoms with Gasteiger partial charge in [-0.2, -0.15) is 0 Å². The van der Waals surface area contributed by atoms with Crippen molar-refractivity contribution < 1.29 is 65.3 Å². The Kier molecular flexibility index (Phi) is 9.28. The highest BCUT2D eigenvalue weighted by Gasteiger charge is 2.49. The van der Waals surface area contributed by atoms with Gasteiger partial charge < -0.3 is 60.5 Å². The van der Waals surface area contributed by atoms with Crippen LogP contribution in [0.1, 0.15) is 22.3 Å². The maximum atomic E-state index is 12.4. The van der Waals surface area contributed by atoms with Crippen molar-refractivity contribution in [3.05, 3.63) is 47.5 Å². The van der Waals surface area contributed by atoms with E-state index in [2.05, 4.69) is 0 Å². The summed E-state index contributed by atoms with van der Waals surface area (Å²) in [5, 5.41) is 98.3. The number of aromatic hydroxyl groups is 3. The number of carbonyl (C=O) groups is 1. The summed E-state index contributed by atoms with van der Waals surface area (Å²) in [6.07, 6.45) is -14.2. The third-order valence-electron chi connectivity index (χ3n) is 6.05. The minimum absolute atomic E-state index is 0.0811. The first-order chi connectivity index (χ1) is 17.4. The SMILES string of the molecule is O=C(CCc1ccc(OC2O[C@H]([C@@H](O)[C@@H](O)[C@H](O)CO)[C@@H](O)[C@H](O)[C@H]2O)cc1)c1c(O)cc(O)cc1O. The van der Waals surface area contributed by atoms with E-state index >= 15 is 0 Å². The maximum Gasteiger partial charge on any atom is 0.229 e. The molecule has 0 radical (unpaired) electrons. The Morgan fingerprint density at radius 2 is 1.51 bits per heavy atom. The topological polar surface area (TPSA) is 238 Å². The van der Waals surface area contributed by atoms with Crippen LogP contribution in [-0.2, 0) is 11.2 Å². The Morgan fingerprint density at radius 3 is 2.08 bits per heavy atom. The fourth-order valence-corrected chi connectivity index (χ4v) is 3.92. The summed E-state index contributed by atoms with van der Waals surface area (Å²) in [4.78, 5) is 12.4. The zero-order valence-corrected chi connectivity index (χ0v) is 19.4. The summed E-state index contributed by atoms with van der Waals surface area (Å²) < 4.78 is 10.9. The zero-order chi connectivity index (χ0) is 27.4. The standard InChI is InChI=1S/C24H30O13/c25-9-16(30)18(31)20(33)23-21(34)19(32)22(35)24(37-23)36-12-4-1-10(2-5-12)3-6-13(27)17-14(28)7-11(26)8-15(17)29/h1-2,4-5,7-8,16,18-26,28-35H,3,6,9H2/t16-,18+,19+,20+,21+,22-,23-,24?/m1/s1. The number of ether oxygens (including phenoxy) is 2. The van der Waals surface area contributed by atoms with Crippen LogP contribution in [0.15, 0.2) is 36.4 Å². The van der Waals surface area contributed by atoms with Crippen LogP contribution >= 0.6 is 0 Å². The molecule has 8 atom stereocenters. The zero-order valence-electron chi connectivity index (χ0n) is 19.4. The molecular formula is C24H30O13. The van der Waals surface area contributed by atoms with Gasteiger partial charge in [-0.25, -0.2) is 0 Å². The number of hydrogen-bond acceptors (Lipinski definition) is 13. The smallest absolute Gasteiger partial charge is 0.229 e. The maximum absolute atomic E-state index is 12.4. The van der Waals surface area contributed by atoms with Gasteiger partial charge in [0.2, 0.25) is 6.29 Å². The molecule has 0 bridgehead atoms. The van der Waals surface area contributed by atoms with Crippen molar-refractivity contribution >= 4 is 5.78 Å². The summed E-state index contributed by atoms with van der Waals surface area (Å²) in [5.74, 6) is -1.91. The molecule has 2 aromatic carbocycles. The van der Waals surface area contributed by atoms with Gasteiger partial charge in [0, 0.05) is 18.6 Å². The first kappa shape index (κ1) is 28.6. The molecule has 204 valence electrons. The summed E-state index contributed by atoms with van der Waals surface area (Å²) >= 11 is 0. The van der Waals surface area contributed by atoms with Crippen molar-refractivity contribution in [3.63, 3.8) is 0 Å². The lowest BCUT2D eigenvalue weighted by Gasteiger charge is -2.43. The molecule has 0 aliphatic carbocycles. The number of aliphatic hydroxyl groups is 7. The van der Waals surface area contributed by atoms with E-state index in [1.807, 2.05) is 0 Å². The van der Waals surface area contributed by atoms with Crippen molar-refractivity contribution in [3.8, 4) is 23.0 Å². The average molecular weight is 526 g/mol. The molecule has 13 heteroatoms. The Bertz CT molecular complexity index is 1040. The van der Waals surface area contributed by atoms with Crippen LogP contribution in [0.4, 0.5) is 0 Å². The highest BCUT2D eigenvalue weighted by Crippen LogP contribution is 2.33. The van der Waals surface area contributed by atoms with E-state index in [1.54, 1.807) is 12.1 Å². The van der Waals surface area contributed by atoms with Gasteiger partial charge in [0.25, 0.3) is 0 Å². The van der Waals surface area contributed by atoms with Crippen LogP contribution in [0.5, 0.6) is 23.0 Å². The van der Waals surface area contributed by atoms with Gasteiger partial charge in [-0.1, -0.05) is 12.1 Å². The number of phenolic OH excluding ortho intramolecular Hbond substituents is 3. The van der Waals surface area contributed by atoms with Gasteiger partial charge >= 0.3 is 0 Å². The first-order valence-electron chi connectivity index (χ1n) is 11.3. The number of aliphatic hydroxyl groups excluding tert-OH is 7. The summed E-state index contributed by atoms with van der Waals surface area (Å²) in [5.41, 5.74) is 0.351. The number of ketones is 1. The fourth-order valence-electron chi connectivity index (χ4n) is 3.92. The van der Waals surface area contributed by atoms with Gasteiger partial charge in [-0.15, -0.1) is 0 Å². The second-order valence-corrected chi connectivity index (χ2v) is 8.72. The second kappa shape index (κ2) is 12.0. The van der Waals surface area contributed by atoms with Crippen molar-refractivity contribution in [1.82, 2.24) is 0 Å². The number of phenols is 3. The Hall–Kier alpha value is -3.01. The monoisotopic (exact) mass is 526 g/mol. The van der Waals surface area contributed by atoms with Gasteiger partial charge in [0.1, 0.15) is 71.3 Å². The third-order valence-corrected chi connectivity index (χ3v) is 6.05. The molecule has 0 amide bonds. The number of carbonyl (C=O) groups excluding carboxylic acids is 1. The van der Waals surface area contributed by atoms with Crippen LogP contribution in [0.3, 0.4) is 0 Å². The highest BCUT2D eigenvalue weighted by molar-refractivity contribution is 6.01. The van der Waals surface area contributed by atoms with E-state index in [1.165, 1.54) is 12.1 Å². The van der Waals surface area contributed by atoms with Crippen molar-refractivity contribution in [2.24, 2.45) is 0 Å². The molecule has 10 N–H and O–H groups in total. The fraction of sp³-hybridized carbons (Fsp3) is 0.458. The molecule has 1 saturated heterocycles. The summed E-state index contributed by atoms with van der Waals surface area (Å²) in [6, 6.07) is 7.95. The minimum Gasteiger partial charge on any atom is -0.508 e. The van der Waals surface area contributed by atoms with E-state index in [9.17, 15) is 50.8 Å².